The third kappa shape index (κ3) is 10.0. The molecule has 2 saturated heterocycles. The lowest BCUT2D eigenvalue weighted by Gasteiger charge is -2.79. The van der Waals surface area contributed by atoms with Crippen LogP contribution in [0.1, 0.15) is 61.9 Å². The second kappa shape index (κ2) is 19.1. The largest absolute Gasteiger partial charge is 0.455 e. The first-order valence-electron chi connectivity index (χ1n) is 22.8. The quantitative estimate of drug-likeness (QED) is 0.0901. The molecule has 1 aliphatic carbocycles. The Hall–Kier alpha value is -4.70. The molecule has 24 radical (unpaired) electrons. The van der Waals surface area contributed by atoms with E-state index in [2.05, 4.69) is 29.1 Å². The Morgan fingerprint density at radius 2 is 1.55 bits per heavy atom. The van der Waals surface area contributed by atoms with E-state index in [4.69, 9.17) is 115 Å². The maximum absolute atomic E-state index is 14.3. The number of benzene rings is 3. The number of allylic oxidation sites excluding steroid dienone is 1. The van der Waals surface area contributed by atoms with Crippen molar-refractivity contribution in [1.29, 1.82) is 0 Å². The van der Waals surface area contributed by atoms with Crippen LogP contribution in [0.15, 0.2) is 95.7 Å². The number of pyridine rings is 1. The van der Waals surface area contributed by atoms with Crippen molar-refractivity contribution < 1.29 is 27.6 Å². The first kappa shape index (κ1) is 54.6. The van der Waals surface area contributed by atoms with Gasteiger partial charge in [-0.2, -0.15) is 0 Å². The maximum atomic E-state index is 14.3. The minimum Gasteiger partial charge on any atom is -0.455 e. The first-order valence-corrected chi connectivity index (χ1v) is 24.7. The number of carbonyl (C=O) groups excluding carboxylic acids is 1. The third-order valence-electron chi connectivity index (χ3n) is 13.9. The van der Waals surface area contributed by atoms with Crippen molar-refractivity contribution >= 4 is 155 Å². The number of hydrogen-bond donors (Lipinski definition) is 3. The number of nitrogens with zero attached hydrogens (tertiary/aromatic N) is 4. The van der Waals surface area contributed by atoms with Crippen LogP contribution in [0.3, 0.4) is 0 Å². The highest BCUT2D eigenvalue weighted by Gasteiger charge is 2.63. The number of anilines is 2. The minimum absolute atomic E-state index is 0.0512. The number of nitro groups is 1. The SMILES string of the molecule is [B]C([B])(Nc1ccc(S(=O)(=O)NC(=O)c2ccc(N3C([B])([B])C([B])([B])N(C([B])([B])C4=C(c5ccc(Cl)cc5)CC(C)(C)CC4)C([B])([B])C3([B])[B])cc2Oc2cnc3[nH]ccc3c2)cc1[N+](=O)[O-])C1CCOCC1. The molecule has 3 aromatic carbocycles. The Morgan fingerprint density at radius 1 is 0.904 bits per heavy atom. The summed E-state index contributed by atoms with van der Waals surface area (Å²) in [4.78, 5) is 34.2. The van der Waals surface area contributed by atoms with Gasteiger partial charge in [0.2, 0.25) is 0 Å². The Labute approximate surface area is 446 Å². The summed E-state index contributed by atoms with van der Waals surface area (Å²) < 4.78 is 41.5. The number of carbonyl (C=O) groups is 1. The van der Waals surface area contributed by atoms with Crippen molar-refractivity contribution in [2.45, 2.75) is 82.9 Å². The van der Waals surface area contributed by atoms with E-state index in [0.29, 0.717) is 66.9 Å². The van der Waals surface area contributed by atoms with Gasteiger partial charge in [-0.25, -0.2) is 18.1 Å². The van der Waals surface area contributed by atoms with E-state index >= 15 is 0 Å². The molecule has 0 unspecified atom stereocenters. The Kier molecular flexibility index (Phi) is 14.3. The van der Waals surface area contributed by atoms with Crippen LogP contribution in [0.25, 0.3) is 16.6 Å². The number of fused-ring (bicyclic) bond motifs is 1. The molecular weight excluding hydrogens is 948 g/mol. The van der Waals surface area contributed by atoms with Gasteiger partial charge in [-0.3, -0.25) is 14.9 Å². The number of sulfonamides is 1. The molecule has 8 rings (SSSR count). The molecule has 0 saturated carbocycles. The van der Waals surface area contributed by atoms with Gasteiger partial charge in [0.1, 0.15) is 22.8 Å². The van der Waals surface area contributed by atoms with Gasteiger partial charge < -0.3 is 29.6 Å². The fourth-order valence-corrected chi connectivity index (χ4v) is 11.0. The van der Waals surface area contributed by atoms with Crippen LogP contribution in [-0.2, 0) is 14.8 Å². The highest BCUT2D eigenvalue weighted by molar-refractivity contribution is 7.90. The summed E-state index contributed by atoms with van der Waals surface area (Å²) in [6.07, 6.45) is 5.29. The van der Waals surface area contributed by atoms with Crippen molar-refractivity contribution in [3.8, 4) is 11.5 Å². The third-order valence-corrected chi connectivity index (χ3v) is 15.5. The number of ether oxygens (including phenoxy) is 2. The maximum Gasteiger partial charge on any atom is 0.293 e. The molecule has 2 aliphatic heterocycles. The lowest BCUT2D eigenvalue weighted by Crippen LogP contribution is -2.95. The summed E-state index contributed by atoms with van der Waals surface area (Å²) in [5.74, 6) is -1.93. The normalized spacial score (nSPS) is 20.0. The zero-order chi connectivity index (χ0) is 53.5. The number of H-pyrrole nitrogens is 1. The van der Waals surface area contributed by atoms with Crippen molar-refractivity contribution in [3.63, 3.8) is 0 Å². The summed E-state index contributed by atoms with van der Waals surface area (Å²) in [5.41, 5.74) is 0.691. The Balaban J connectivity index is 1.18. The van der Waals surface area contributed by atoms with Crippen LogP contribution in [-0.4, -0.2) is 174 Å². The van der Waals surface area contributed by atoms with E-state index in [1.807, 2.05) is 16.9 Å². The topological polar surface area (TPSA) is 172 Å². The highest BCUT2D eigenvalue weighted by Crippen LogP contribution is 2.53. The van der Waals surface area contributed by atoms with Crippen LogP contribution in [0.2, 0.25) is 5.02 Å². The molecule has 4 heterocycles. The number of aromatic amines is 1. The van der Waals surface area contributed by atoms with E-state index in [1.165, 1.54) is 18.3 Å². The fraction of sp³-hybridized carbons (Fsp3) is 0.378. The second-order valence-corrected chi connectivity index (χ2v) is 21.9. The average molecular weight is 986 g/mol. The molecule has 3 N–H and O–H groups in total. The van der Waals surface area contributed by atoms with Crippen molar-refractivity contribution in [2.24, 2.45) is 11.3 Å². The molecular formula is C45H38B12ClN7O7S. The van der Waals surface area contributed by atoms with Crippen LogP contribution < -0.4 is 19.7 Å². The summed E-state index contributed by atoms with van der Waals surface area (Å²) in [6.45, 7) is 4.94. The molecule has 344 valence electrons. The zero-order valence-electron chi connectivity index (χ0n) is 40.0. The molecule has 73 heavy (non-hydrogen) atoms. The van der Waals surface area contributed by atoms with E-state index < -0.39 is 69.0 Å². The van der Waals surface area contributed by atoms with Crippen molar-refractivity contribution in [1.82, 2.24) is 19.6 Å². The fourth-order valence-electron chi connectivity index (χ4n) is 9.87. The smallest absolute Gasteiger partial charge is 0.293 e. The summed E-state index contributed by atoms with van der Waals surface area (Å²) in [7, 11) is 78.0. The van der Waals surface area contributed by atoms with Gasteiger partial charge in [0.05, 0.1) is 116 Å². The lowest BCUT2D eigenvalue weighted by molar-refractivity contribution is -0.384. The van der Waals surface area contributed by atoms with Crippen LogP contribution in [0.5, 0.6) is 11.5 Å². The standard InChI is InChI=1S/C45H38B12ClN7O7S/c1-39(2)15-11-33(32(22-39)24-3-5-27(58)6-4-24)41(48,49)65-44(54,55)42(50,51)63(43(52,53)45(65,56)57)28-7-9-31(36(20-28)72-29-19-25-12-16-59-37(25)60-23-29)38(66)62-73(69,70)30-8-10-34(35(21-30)64(67)68)61-40(46,47)26-13-17-71-18-14-26/h3-10,12,16,19-21,23,26,61H,11,13-15,17-18,22H2,1-2H3,(H,59,60)(H,62,66). The van der Waals surface area contributed by atoms with Gasteiger partial charge in [-0.1, -0.05) is 43.2 Å². The van der Waals surface area contributed by atoms with Crippen molar-refractivity contribution in [2.75, 3.05) is 23.4 Å². The zero-order valence-corrected chi connectivity index (χ0v) is 41.5. The van der Waals surface area contributed by atoms with E-state index in [-0.39, 0.29) is 34.2 Å². The molecule has 2 fully saturated rings. The first-order chi connectivity index (χ1) is 33.8. The molecule has 0 atom stereocenters. The van der Waals surface area contributed by atoms with Crippen molar-refractivity contribution in [3.05, 3.63) is 117 Å². The predicted octanol–water partition coefficient (Wildman–Crippen LogP) is 2.60. The molecule has 28 heteroatoms. The second-order valence-electron chi connectivity index (χ2n) is 19.8. The summed E-state index contributed by atoms with van der Waals surface area (Å²) in [5, 5.41) is 1.74. The monoisotopic (exact) mass is 987 g/mol. The van der Waals surface area contributed by atoms with Gasteiger partial charge in [0, 0.05) is 47.6 Å². The summed E-state index contributed by atoms with van der Waals surface area (Å²) >= 11 is 6.26. The average Bonchev–Trinajstić information content (AvgIpc) is 3.76. The number of rotatable bonds is 13. The number of hydrogen-bond acceptors (Lipinski definition) is 11. The van der Waals surface area contributed by atoms with Gasteiger partial charge in [0.25, 0.3) is 21.6 Å². The van der Waals surface area contributed by atoms with E-state index in [9.17, 15) is 23.3 Å². The molecule has 1 amide bonds. The summed E-state index contributed by atoms with van der Waals surface area (Å²) in [6, 6.07) is 16.7. The molecule has 0 bridgehead atoms. The lowest BCUT2D eigenvalue weighted by atomic mass is 9.24. The predicted molar refractivity (Wildman–Crippen MR) is 293 cm³/mol. The molecule has 2 aromatic heterocycles. The number of amides is 1. The number of aromatic nitrogens is 2. The Bertz CT molecular complexity index is 3110. The van der Waals surface area contributed by atoms with Crippen LogP contribution in [0.4, 0.5) is 17.1 Å². The Morgan fingerprint density at radius 3 is 2.18 bits per heavy atom. The molecule has 5 aromatic rings. The van der Waals surface area contributed by atoms with Gasteiger partial charge >= 0.3 is 0 Å². The van der Waals surface area contributed by atoms with Gasteiger partial charge in [-0.15, -0.1) is 0 Å². The number of piperazine rings is 1. The van der Waals surface area contributed by atoms with E-state index in [0.717, 1.165) is 45.2 Å². The van der Waals surface area contributed by atoms with Crippen LogP contribution in [0, 0.1) is 21.4 Å². The molecule has 3 aliphatic rings. The number of nitro benzene ring substituents is 1. The number of nitrogens with one attached hydrogen (secondary N) is 3. The van der Waals surface area contributed by atoms with Gasteiger partial charge in [-0.05, 0) is 135 Å². The molecule has 0 spiro atoms. The van der Waals surface area contributed by atoms with E-state index in [1.54, 1.807) is 30.5 Å². The van der Waals surface area contributed by atoms with Gasteiger partial charge in [0.15, 0.2) is 0 Å². The van der Waals surface area contributed by atoms with Crippen LogP contribution >= 0.6 is 11.6 Å². The number of halogens is 1. The molecule has 14 nitrogen and oxygen atoms in total. The highest BCUT2D eigenvalue weighted by atomic mass is 35.5. The minimum atomic E-state index is -4.89.